The van der Waals surface area contributed by atoms with Crippen molar-refractivity contribution < 1.29 is 4.79 Å². The first-order valence-electron chi connectivity index (χ1n) is 9.00. The van der Waals surface area contributed by atoms with Gasteiger partial charge in [-0.25, -0.2) is 0 Å². The Balaban J connectivity index is 0.00000261. The number of guanidine groups is 1. The number of para-hydroxylation sites is 1. The van der Waals surface area contributed by atoms with Crippen LogP contribution in [0.1, 0.15) is 17.7 Å². The average molecular weight is 479 g/mol. The van der Waals surface area contributed by atoms with Crippen molar-refractivity contribution in [2.24, 2.45) is 4.99 Å². The minimum atomic E-state index is 0. The van der Waals surface area contributed by atoms with Gasteiger partial charge in [0.05, 0.1) is 6.54 Å². The van der Waals surface area contributed by atoms with Crippen molar-refractivity contribution in [3.63, 3.8) is 0 Å². The van der Waals surface area contributed by atoms with Crippen LogP contribution in [-0.4, -0.2) is 43.5 Å². The molecule has 1 aliphatic rings. The van der Waals surface area contributed by atoms with Gasteiger partial charge in [-0.1, -0.05) is 24.3 Å². The first-order chi connectivity index (χ1) is 12.8. The summed E-state index contributed by atoms with van der Waals surface area (Å²) in [5.41, 5.74) is 3.30. The Bertz CT molecular complexity index is 766. The van der Waals surface area contributed by atoms with Crippen LogP contribution >= 0.6 is 24.0 Å². The van der Waals surface area contributed by atoms with E-state index in [-0.39, 0.29) is 36.4 Å². The number of aromatic nitrogens is 1. The molecule has 0 spiro atoms. The fraction of sp³-hybridized carbons (Fsp3) is 0.350. The van der Waals surface area contributed by atoms with Crippen LogP contribution < -0.4 is 15.5 Å². The third-order valence-electron chi connectivity index (χ3n) is 4.44. The van der Waals surface area contributed by atoms with Crippen molar-refractivity contribution in [1.29, 1.82) is 0 Å². The maximum Gasteiger partial charge on any atom is 0.246 e. The average Bonchev–Trinajstić information content (AvgIpc) is 2.70. The van der Waals surface area contributed by atoms with Crippen LogP contribution in [-0.2, 0) is 17.6 Å². The van der Waals surface area contributed by atoms with Gasteiger partial charge in [-0.15, -0.1) is 24.0 Å². The van der Waals surface area contributed by atoms with Crippen molar-refractivity contribution in [2.75, 3.05) is 31.6 Å². The molecular weight excluding hydrogens is 453 g/mol. The molecule has 0 unspecified atom stereocenters. The molecular formula is C20H26IN5O. The van der Waals surface area contributed by atoms with E-state index in [0.29, 0.717) is 12.5 Å². The molecule has 27 heavy (non-hydrogen) atoms. The zero-order chi connectivity index (χ0) is 18.2. The van der Waals surface area contributed by atoms with Gasteiger partial charge in [0.25, 0.3) is 0 Å². The number of amides is 1. The van der Waals surface area contributed by atoms with Gasteiger partial charge in [0, 0.05) is 44.1 Å². The van der Waals surface area contributed by atoms with Crippen LogP contribution in [0.4, 0.5) is 5.69 Å². The van der Waals surface area contributed by atoms with E-state index in [0.717, 1.165) is 37.2 Å². The van der Waals surface area contributed by atoms with Gasteiger partial charge in [-0.3, -0.25) is 14.8 Å². The third kappa shape index (κ3) is 5.92. The largest absolute Gasteiger partial charge is 0.356 e. The Morgan fingerprint density at radius 3 is 2.78 bits per heavy atom. The lowest BCUT2D eigenvalue weighted by Gasteiger charge is -2.29. The number of carbonyl (C=O) groups is 1. The molecule has 0 fully saturated rings. The highest BCUT2D eigenvalue weighted by Gasteiger charge is 2.21. The van der Waals surface area contributed by atoms with E-state index >= 15 is 0 Å². The Morgan fingerprint density at radius 2 is 2.00 bits per heavy atom. The second-order valence-corrected chi connectivity index (χ2v) is 6.20. The fourth-order valence-corrected chi connectivity index (χ4v) is 3.12. The summed E-state index contributed by atoms with van der Waals surface area (Å²) in [6.07, 6.45) is 4.62. The summed E-state index contributed by atoms with van der Waals surface area (Å²) in [5.74, 6) is 0.685. The minimum absolute atomic E-state index is 0. The van der Waals surface area contributed by atoms with E-state index in [9.17, 15) is 4.79 Å². The van der Waals surface area contributed by atoms with Crippen LogP contribution in [0.15, 0.2) is 53.7 Å². The number of hydrogen-bond acceptors (Lipinski definition) is 3. The van der Waals surface area contributed by atoms with E-state index in [1.54, 1.807) is 13.2 Å². The van der Waals surface area contributed by atoms with Gasteiger partial charge in [0.15, 0.2) is 5.96 Å². The van der Waals surface area contributed by atoms with E-state index < -0.39 is 0 Å². The lowest BCUT2D eigenvalue weighted by molar-refractivity contribution is -0.117. The number of halogens is 1. The zero-order valence-electron chi connectivity index (χ0n) is 15.5. The second-order valence-electron chi connectivity index (χ2n) is 6.20. The molecule has 0 bridgehead atoms. The Morgan fingerprint density at radius 1 is 1.19 bits per heavy atom. The zero-order valence-corrected chi connectivity index (χ0v) is 17.8. The molecule has 1 aromatic carbocycles. The summed E-state index contributed by atoms with van der Waals surface area (Å²) >= 11 is 0. The number of hydrogen-bond donors (Lipinski definition) is 2. The van der Waals surface area contributed by atoms with Crippen LogP contribution in [0.3, 0.4) is 0 Å². The second kappa shape index (κ2) is 10.9. The summed E-state index contributed by atoms with van der Waals surface area (Å²) in [7, 11) is 1.71. The van der Waals surface area contributed by atoms with Crippen LogP contribution in [0, 0.1) is 0 Å². The number of carbonyl (C=O) groups excluding carboxylic acids is 1. The molecule has 0 atom stereocenters. The summed E-state index contributed by atoms with van der Waals surface area (Å²) in [6.45, 7) is 1.69. The molecule has 0 aliphatic carbocycles. The quantitative estimate of drug-likeness (QED) is 0.393. The SMILES string of the molecule is CN=C(NCCc1ccccn1)NCC(=O)N1CCCc2ccccc21.I. The van der Waals surface area contributed by atoms with E-state index in [2.05, 4.69) is 26.7 Å². The number of aryl methyl sites for hydroxylation is 1. The predicted molar refractivity (Wildman–Crippen MR) is 120 cm³/mol. The minimum Gasteiger partial charge on any atom is -0.356 e. The number of benzene rings is 1. The van der Waals surface area contributed by atoms with Gasteiger partial charge < -0.3 is 15.5 Å². The van der Waals surface area contributed by atoms with E-state index in [1.807, 2.05) is 41.3 Å². The first kappa shape index (κ1) is 21.1. The van der Waals surface area contributed by atoms with Crippen molar-refractivity contribution in [1.82, 2.24) is 15.6 Å². The number of anilines is 1. The third-order valence-corrected chi connectivity index (χ3v) is 4.44. The highest BCUT2D eigenvalue weighted by molar-refractivity contribution is 14.0. The van der Waals surface area contributed by atoms with Gasteiger partial charge in [-0.05, 0) is 36.6 Å². The van der Waals surface area contributed by atoms with Crippen molar-refractivity contribution in [3.05, 3.63) is 59.9 Å². The molecule has 1 amide bonds. The molecule has 2 N–H and O–H groups in total. The molecule has 0 saturated carbocycles. The van der Waals surface area contributed by atoms with Crippen molar-refractivity contribution in [2.45, 2.75) is 19.3 Å². The van der Waals surface area contributed by atoms with E-state index in [4.69, 9.17) is 0 Å². The predicted octanol–water partition coefficient (Wildman–Crippen LogP) is 2.39. The molecule has 2 heterocycles. The summed E-state index contributed by atoms with van der Waals surface area (Å²) in [4.78, 5) is 23.0. The molecule has 1 aliphatic heterocycles. The van der Waals surface area contributed by atoms with Gasteiger partial charge in [-0.2, -0.15) is 0 Å². The van der Waals surface area contributed by atoms with Crippen LogP contribution in [0.2, 0.25) is 0 Å². The Hall–Kier alpha value is -2.16. The Labute approximate surface area is 177 Å². The van der Waals surface area contributed by atoms with Gasteiger partial charge >= 0.3 is 0 Å². The molecule has 0 saturated heterocycles. The lowest BCUT2D eigenvalue weighted by Crippen LogP contribution is -2.46. The highest BCUT2D eigenvalue weighted by Crippen LogP contribution is 2.26. The lowest BCUT2D eigenvalue weighted by atomic mass is 10.0. The molecule has 0 radical (unpaired) electrons. The maximum absolute atomic E-state index is 12.6. The molecule has 144 valence electrons. The van der Waals surface area contributed by atoms with Gasteiger partial charge in [0.2, 0.25) is 5.91 Å². The number of nitrogens with zero attached hydrogens (tertiary/aromatic N) is 3. The topological polar surface area (TPSA) is 69.6 Å². The summed E-state index contributed by atoms with van der Waals surface area (Å²) < 4.78 is 0. The van der Waals surface area contributed by atoms with Crippen molar-refractivity contribution in [3.8, 4) is 0 Å². The monoisotopic (exact) mass is 479 g/mol. The van der Waals surface area contributed by atoms with Crippen molar-refractivity contribution >= 4 is 41.5 Å². The Kier molecular flexibility index (Phi) is 8.50. The van der Waals surface area contributed by atoms with Gasteiger partial charge in [0.1, 0.15) is 0 Å². The molecule has 3 rings (SSSR count). The fourth-order valence-electron chi connectivity index (χ4n) is 3.12. The smallest absolute Gasteiger partial charge is 0.246 e. The normalized spacial score (nSPS) is 13.4. The summed E-state index contributed by atoms with van der Waals surface area (Å²) in [6, 6.07) is 14.0. The molecule has 2 aromatic rings. The summed E-state index contributed by atoms with van der Waals surface area (Å²) in [5, 5.41) is 6.33. The highest BCUT2D eigenvalue weighted by atomic mass is 127. The molecule has 1 aromatic heterocycles. The number of rotatable bonds is 5. The molecule has 7 heteroatoms. The number of fused-ring (bicyclic) bond motifs is 1. The van der Waals surface area contributed by atoms with E-state index in [1.165, 1.54) is 5.56 Å². The maximum atomic E-state index is 12.6. The number of pyridine rings is 1. The standard InChI is InChI=1S/C20H25N5O.HI/c1-21-20(23-13-11-17-9-4-5-12-22-17)24-15-19(26)25-14-6-8-16-7-2-3-10-18(16)25;/h2-5,7,9-10,12H,6,8,11,13-15H2,1H3,(H2,21,23,24);1H. The number of aliphatic imine (C=N–C) groups is 1. The van der Waals surface area contributed by atoms with Crippen LogP contribution in [0.5, 0.6) is 0 Å². The molecule has 6 nitrogen and oxygen atoms in total. The number of nitrogens with one attached hydrogen (secondary N) is 2. The van der Waals surface area contributed by atoms with Crippen LogP contribution in [0.25, 0.3) is 0 Å². The first-order valence-corrected chi connectivity index (χ1v) is 9.00.